The number of halogens is 1. The van der Waals surface area contributed by atoms with Gasteiger partial charge in [-0.2, -0.15) is 0 Å². The first-order valence-corrected chi connectivity index (χ1v) is 9.27. The van der Waals surface area contributed by atoms with Crippen LogP contribution in [0.3, 0.4) is 0 Å². The van der Waals surface area contributed by atoms with Crippen molar-refractivity contribution in [2.45, 2.75) is 25.4 Å². The summed E-state index contributed by atoms with van der Waals surface area (Å²) in [6.45, 7) is 0.634. The number of hydrogen-bond donors (Lipinski definition) is 1. The monoisotopic (exact) mass is 404 g/mol. The molecule has 0 saturated carbocycles. The SMILES string of the molecule is COC(=O)CC(NC(=O)C1CC(=O)N(Cc2ccco2)C1)c1ccc(Cl)cc1. The Labute approximate surface area is 167 Å². The van der Waals surface area contributed by atoms with Gasteiger partial charge in [0.05, 0.1) is 38.3 Å². The molecule has 3 rings (SSSR count). The molecule has 2 heterocycles. The van der Waals surface area contributed by atoms with E-state index in [4.69, 9.17) is 20.8 Å². The van der Waals surface area contributed by atoms with Gasteiger partial charge >= 0.3 is 5.97 Å². The molecule has 1 saturated heterocycles. The zero-order chi connectivity index (χ0) is 20.1. The van der Waals surface area contributed by atoms with Crippen LogP contribution in [0.15, 0.2) is 47.1 Å². The lowest BCUT2D eigenvalue weighted by Gasteiger charge is -2.21. The zero-order valence-electron chi connectivity index (χ0n) is 15.4. The number of methoxy groups -OCH3 is 1. The van der Waals surface area contributed by atoms with Crippen LogP contribution in [0.2, 0.25) is 5.02 Å². The molecule has 148 valence electrons. The van der Waals surface area contributed by atoms with E-state index < -0.39 is 17.9 Å². The van der Waals surface area contributed by atoms with Crippen molar-refractivity contribution in [2.75, 3.05) is 13.7 Å². The van der Waals surface area contributed by atoms with Crippen molar-refractivity contribution in [1.29, 1.82) is 0 Å². The molecule has 1 fully saturated rings. The second-order valence-corrected chi connectivity index (χ2v) is 7.08. The first-order valence-electron chi connectivity index (χ1n) is 8.89. The van der Waals surface area contributed by atoms with Gasteiger partial charge in [-0.15, -0.1) is 0 Å². The smallest absolute Gasteiger partial charge is 0.307 e. The number of carbonyl (C=O) groups is 3. The number of esters is 1. The van der Waals surface area contributed by atoms with Crippen molar-refractivity contribution in [1.82, 2.24) is 10.2 Å². The van der Waals surface area contributed by atoms with Gasteiger partial charge in [0.15, 0.2) is 0 Å². The van der Waals surface area contributed by atoms with Gasteiger partial charge in [-0.3, -0.25) is 14.4 Å². The quantitative estimate of drug-likeness (QED) is 0.717. The number of carbonyl (C=O) groups excluding carboxylic acids is 3. The first-order chi connectivity index (χ1) is 13.5. The number of ether oxygens (including phenoxy) is 1. The number of rotatable bonds is 7. The highest BCUT2D eigenvalue weighted by molar-refractivity contribution is 6.30. The van der Waals surface area contributed by atoms with Crippen LogP contribution in [0.4, 0.5) is 0 Å². The third-order valence-electron chi connectivity index (χ3n) is 4.70. The summed E-state index contributed by atoms with van der Waals surface area (Å²) >= 11 is 5.92. The predicted molar refractivity (Wildman–Crippen MR) is 101 cm³/mol. The van der Waals surface area contributed by atoms with Crippen LogP contribution in [-0.2, 0) is 25.7 Å². The van der Waals surface area contributed by atoms with Gasteiger partial charge in [0.2, 0.25) is 11.8 Å². The number of furan rings is 1. The fourth-order valence-corrected chi connectivity index (χ4v) is 3.30. The summed E-state index contributed by atoms with van der Waals surface area (Å²) in [5.74, 6) is -0.650. The van der Waals surface area contributed by atoms with E-state index >= 15 is 0 Å². The van der Waals surface area contributed by atoms with E-state index in [9.17, 15) is 14.4 Å². The number of benzene rings is 1. The fourth-order valence-electron chi connectivity index (χ4n) is 3.18. The molecule has 8 heteroatoms. The van der Waals surface area contributed by atoms with Crippen LogP contribution in [0.1, 0.15) is 30.2 Å². The molecular weight excluding hydrogens is 384 g/mol. The number of nitrogens with zero attached hydrogens (tertiary/aromatic N) is 1. The molecule has 0 radical (unpaired) electrons. The first kappa shape index (κ1) is 19.9. The fraction of sp³-hybridized carbons (Fsp3) is 0.350. The Morgan fingerprint density at radius 1 is 1.32 bits per heavy atom. The summed E-state index contributed by atoms with van der Waals surface area (Å²) < 4.78 is 10.0. The third kappa shape index (κ3) is 4.92. The van der Waals surface area contributed by atoms with E-state index in [1.807, 2.05) is 0 Å². The third-order valence-corrected chi connectivity index (χ3v) is 4.95. The van der Waals surface area contributed by atoms with Crippen LogP contribution in [-0.4, -0.2) is 36.3 Å². The molecule has 0 spiro atoms. The lowest BCUT2D eigenvalue weighted by Crippen LogP contribution is -2.36. The van der Waals surface area contributed by atoms with E-state index in [-0.39, 0.29) is 24.7 Å². The van der Waals surface area contributed by atoms with Gasteiger partial charge in [-0.05, 0) is 29.8 Å². The Morgan fingerprint density at radius 2 is 2.07 bits per heavy atom. The standard InChI is InChI=1S/C20H21ClN2O5/c1-27-19(25)10-17(13-4-6-15(21)7-5-13)22-20(26)14-9-18(24)23(11-14)12-16-3-2-8-28-16/h2-8,14,17H,9-12H2,1H3,(H,22,26). The molecule has 1 aromatic heterocycles. The molecule has 2 aromatic rings. The number of hydrogen-bond acceptors (Lipinski definition) is 5. The zero-order valence-corrected chi connectivity index (χ0v) is 16.1. The molecule has 7 nitrogen and oxygen atoms in total. The van der Waals surface area contributed by atoms with Crippen molar-refractivity contribution in [2.24, 2.45) is 5.92 Å². The van der Waals surface area contributed by atoms with Gasteiger partial charge in [-0.25, -0.2) is 0 Å². The van der Waals surface area contributed by atoms with Crippen molar-refractivity contribution in [3.63, 3.8) is 0 Å². The number of nitrogens with one attached hydrogen (secondary N) is 1. The van der Waals surface area contributed by atoms with E-state index in [1.165, 1.54) is 7.11 Å². The molecule has 0 aliphatic carbocycles. The molecule has 1 aromatic carbocycles. The van der Waals surface area contributed by atoms with Crippen LogP contribution < -0.4 is 5.32 Å². The van der Waals surface area contributed by atoms with Gasteiger partial charge in [0, 0.05) is 18.0 Å². The molecule has 1 N–H and O–H groups in total. The molecule has 28 heavy (non-hydrogen) atoms. The Kier molecular flexibility index (Phi) is 6.36. The molecule has 2 atom stereocenters. The predicted octanol–water partition coefficient (Wildman–Crippen LogP) is 2.70. The summed E-state index contributed by atoms with van der Waals surface area (Å²) in [6, 6.07) is 9.86. The maximum absolute atomic E-state index is 12.8. The van der Waals surface area contributed by atoms with Gasteiger partial charge in [0.1, 0.15) is 5.76 Å². The second-order valence-electron chi connectivity index (χ2n) is 6.65. The van der Waals surface area contributed by atoms with E-state index in [2.05, 4.69) is 5.32 Å². The van der Waals surface area contributed by atoms with Crippen LogP contribution in [0, 0.1) is 5.92 Å². The van der Waals surface area contributed by atoms with Crippen molar-refractivity contribution in [3.8, 4) is 0 Å². The van der Waals surface area contributed by atoms with Crippen LogP contribution in [0.5, 0.6) is 0 Å². The largest absolute Gasteiger partial charge is 0.469 e. The summed E-state index contributed by atoms with van der Waals surface area (Å²) in [5.41, 5.74) is 0.736. The van der Waals surface area contributed by atoms with Crippen molar-refractivity contribution in [3.05, 3.63) is 59.0 Å². The molecule has 1 aliphatic rings. The van der Waals surface area contributed by atoms with E-state index in [0.29, 0.717) is 23.9 Å². The average Bonchev–Trinajstić information content (AvgIpc) is 3.32. The summed E-state index contributed by atoms with van der Waals surface area (Å²) in [6.07, 6.45) is 1.66. The lowest BCUT2D eigenvalue weighted by molar-refractivity contribution is -0.141. The van der Waals surface area contributed by atoms with Crippen LogP contribution in [0.25, 0.3) is 0 Å². The highest BCUT2D eigenvalue weighted by Gasteiger charge is 2.35. The van der Waals surface area contributed by atoms with Crippen molar-refractivity contribution < 1.29 is 23.5 Å². The second kappa shape index (κ2) is 8.93. The Balaban J connectivity index is 1.66. The Hall–Kier alpha value is -2.80. The maximum atomic E-state index is 12.8. The summed E-state index contributed by atoms with van der Waals surface area (Å²) in [5, 5.41) is 3.43. The highest BCUT2D eigenvalue weighted by Crippen LogP contribution is 2.24. The molecule has 2 unspecified atom stereocenters. The van der Waals surface area contributed by atoms with Gasteiger partial charge in [0.25, 0.3) is 0 Å². The van der Waals surface area contributed by atoms with Crippen molar-refractivity contribution >= 4 is 29.4 Å². The topological polar surface area (TPSA) is 88.8 Å². The maximum Gasteiger partial charge on any atom is 0.307 e. The molecular formula is C20H21ClN2O5. The minimum absolute atomic E-state index is 0.0132. The van der Waals surface area contributed by atoms with Gasteiger partial charge in [-0.1, -0.05) is 23.7 Å². The Morgan fingerprint density at radius 3 is 2.71 bits per heavy atom. The molecule has 0 bridgehead atoms. The highest BCUT2D eigenvalue weighted by atomic mass is 35.5. The minimum atomic E-state index is -0.563. The molecule has 2 amide bonds. The van der Waals surface area contributed by atoms with Crippen LogP contribution >= 0.6 is 11.6 Å². The lowest BCUT2D eigenvalue weighted by atomic mass is 10.0. The number of likely N-dealkylation sites (tertiary alicyclic amines) is 1. The minimum Gasteiger partial charge on any atom is -0.469 e. The molecule has 1 aliphatic heterocycles. The summed E-state index contributed by atoms with van der Waals surface area (Å²) in [4.78, 5) is 38.4. The Bertz CT molecular complexity index is 835. The number of amides is 2. The normalized spacial score (nSPS) is 17.4. The average molecular weight is 405 g/mol. The van der Waals surface area contributed by atoms with Gasteiger partial charge < -0.3 is 19.4 Å². The summed E-state index contributed by atoms with van der Waals surface area (Å²) in [7, 11) is 1.30. The van der Waals surface area contributed by atoms with E-state index in [0.717, 1.165) is 5.56 Å². The van der Waals surface area contributed by atoms with E-state index in [1.54, 1.807) is 47.6 Å².